The molecule has 1 aliphatic heterocycles. The SMILES string of the molecule is CCCCN(CCCC)S(=O)(=O)c1ccc2[nH]c(=O)cc(C(=O)NCCN3CCOCC3)c2c1. The Morgan fingerprint density at radius 1 is 1.12 bits per heavy atom. The third-order valence-electron chi connectivity index (χ3n) is 6.04. The number of nitrogens with zero attached hydrogens (tertiary/aromatic N) is 2. The first-order chi connectivity index (χ1) is 16.4. The Hall–Kier alpha value is -2.27. The number of unbranched alkanes of at least 4 members (excludes halogenated alkanes) is 2. The van der Waals surface area contributed by atoms with E-state index in [2.05, 4.69) is 15.2 Å². The molecule has 3 rings (SSSR count). The molecule has 2 aromatic rings. The van der Waals surface area contributed by atoms with Crippen LogP contribution in [-0.2, 0) is 14.8 Å². The van der Waals surface area contributed by atoms with E-state index in [1.54, 1.807) is 6.07 Å². The molecule has 0 saturated carbocycles. The predicted octanol–water partition coefficient (Wildman–Crippen LogP) is 2.18. The lowest BCUT2D eigenvalue weighted by Gasteiger charge is -2.26. The average molecular weight is 493 g/mol. The molecule has 1 aromatic carbocycles. The highest BCUT2D eigenvalue weighted by molar-refractivity contribution is 7.89. The molecule has 0 unspecified atom stereocenters. The lowest BCUT2D eigenvalue weighted by Crippen LogP contribution is -2.41. The first-order valence-electron chi connectivity index (χ1n) is 12.1. The van der Waals surface area contributed by atoms with Crippen LogP contribution < -0.4 is 10.9 Å². The Bertz CT molecular complexity index is 1120. The summed E-state index contributed by atoms with van der Waals surface area (Å²) in [6.45, 7) is 9.06. The van der Waals surface area contributed by atoms with E-state index in [4.69, 9.17) is 4.74 Å². The van der Waals surface area contributed by atoms with E-state index in [-0.39, 0.29) is 10.5 Å². The molecule has 0 atom stereocenters. The van der Waals surface area contributed by atoms with Crippen LogP contribution >= 0.6 is 0 Å². The summed E-state index contributed by atoms with van der Waals surface area (Å²) in [6, 6.07) is 5.79. The van der Waals surface area contributed by atoms with Crippen molar-refractivity contribution < 1.29 is 17.9 Å². The van der Waals surface area contributed by atoms with Crippen molar-refractivity contribution in [2.75, 3.05) is 52.5 Å². The van der Waals surface area contributed by atoms with Gasteiger partial charge in [-0.15, -0.1) is 0 Å². The van der Waals surface area contributed by atoms with E-state index >= 15 is 0 Å². The first-order valence-corrected chi connectivity index (χ1v) is 13.6. The fraction of sp³-hybridized carbons (Fsp3) is 0.583. The van der Waals surface area contributed by atoms with Crippen molar-refractivity contribution in [2.24, 2.45) is 0 Å². The van der Waals surface area contributed by atoms with E-state index < -0.39 is 21.5 Å². The number of benzene rings is 1. The van der Waals surface area contributed by atoms with Crippen molar-refractivity contribution in [3.8, 4) is 0 Å². The highest BCUT2D eigenvalue weighted by atomic mass is 32.2. The summed E-state index contributed by atoms with van der Waals surface area (Å²) in [6.07, 6.45) is 3.35. The third-order valence-corrected chi connectivity index (χ3v) is 7.93. The molecule has 2 heterocycles. The van der Waals surface area contributed by atoms with E-state index in [0.29, 0.717) is 50.3 Å². The van der Waals surface area contributed by atoms with Crippen LogP contribution in [0.4, 0.5) is 0 Å². The number of hydrogen-bond acceptors (Lipinski definition) is 6. The fourth-order valence-corrected chi connectivity index (χ4v) is 5.54. The number of hydrogen-bond donors (Lipinski definition) is 2. The molecule has 0 radical (unpaired) electrons. The number of ether oxygens (including phenoxy) is 1. The zero-order valence-corrected chi connectivity index (χ0v) is 21.0. The summed E-state index contributed by atoms with van der Waals surface area (Å²) in [5.74, 6) is -0.396. The predicted molar refractivity (Wildman–Crippen MR) is 133 cm³/mol. The van der Waals surface area contributed by atoms with Gasteiger partial charge in [-0.2, -0.15) is 4.31 Å². The molecule has 1 aliphatic rings. The minimum Gasteiger partial charge on any atom is -0.379 e. The lowest BCUT2D eigenvalue weighted by molar-refractivity contribution is 0.0383. The van der Waals surface area contributed by atoms with Crippen LogP contribution in [0.1, 0.15) is 49.9 Å². The van der Waals surface area contributed by atoms with Crippen LogP contribution in [0.2, 0.25) is 0 Å². The van der Waals surface area contributed by atoms with Gasteiger partial charge in [0.2, 0.25) is 15.6 Å². The lowest BCUT2D eigenvalue weighted by atomic mass is 10.1. The highest BCUT2D eigenvalue weighted by Crippen LogP contribution is 2.23. The number of carbonyl (C=O) groups excluding carboxylic acids is 1. The second-order valence-electron chi connectivity index (χ2n) is 8.58. The normalized spacial score (nSPS) is 15.1. The first kappa shape index (κ1) is 26.3. The van der Waals surface area contributed by atoms with E-state index in [1.807, 2.05) is 13.8 Å². The van der Waals surface area contributed by atoms with Crippen molar-refractivity contribution in [3.63, 3.8) is 0 Å². The van der Waals surface area contributed by atoms with Crippen LogP contribution in [0.5, 0.6) is 0 Å². The second kappa shape index (κ2) is 12.4. The molecule has 9 nitrogen and oxygen atoms in total. The molecule has 0 spiro atoms. The van der Waals surface area contributed by atoms with Gasteiger partial charge in [0.25, 0.3) is 5.91 Å². The number of fused-ring (bicyclic) bond motifs is 1. The number of aromatic amines is 1. The van der Waals surface area contributed by atoms with Gasteiger partial charge in [0.15, 0.2) is 0 Å². The average Bonchev–Trinajstić information content (AvgIpc) is 2.83. The maximum absolute atomic E-state index is 13.4. The molecule has 1 amide bonds. The number of sulfonamides is 1. The maximum Gasteiger partial charge on any atom is 0.252 e. The molecule has 2 N–H and O–H groups in total. The third kappa shape index (κ3) is 6.65. The number of nitrogens with one attached hydrogen (secondary N) is 2. The Morgan fingerprint density at radius 3 is 2.44 bits per heavy atom. The maximum atomic E-state index is 13.4. The smallest absolute Gasteiger partial charge is 0.252 e. The number of pyridine rings is 1. The van der Waals surface area contributed by atoms with Gasteiger partial charge >= 0.3 is 0 Å². The van der Waals surface area contributed by atoms with Gasteiger partial charge in [-0.1, -0.05) is 26.7 Å². The van der Waals surface area contributed by atoms with Gasteiger partial charge in [-0.3, -0.25) is 14.5 Å². The van der Waals surface area contributed by atoms with E-state index in [1.165, 1.54) is 22.5 Å². The van der Waals surface area contributed by atoms with Crippen LogP contribution in [0, 0.1) is 0 Å². The summed E-state index contributed by atoms with van der Waals surface area (Å²) in [5.41, 5.74) is 0.193. The largest absolute Gasteiger partial charge is 0.379 e. The fourth-order valence-electron chi connectivity index (χ4n) is 4.00. The van der Waals surface area contributed by atoms with Gasteiger partial charge in [0.1, 0.15) is 0 Å². The number of rotatable bonds is 12. The summed E-state index contributed by atoms with van der Waals surface area (Å²) in [4.78, 5) is 30.2. The molecule has 1 saturated heterocycles. The molecule has 0 bridgehead atoms. The Kier molecular flexibility index (Phi) is 9.63. The highest BCUT2D eigenvalue weighted by Gasteiger charge is 2.25. The van der Waals surface area contributed by atoms with Crippen LogP contribution in [0.25, 0.3) is 10.9 Å². The van der Waals surface area contributed by atoms with Crippen molar-refractivity contribution in [1.82, 2.24) is 19.5 Å². The van der Waals surface area contributed by atoms with Crippen LogP contribution in [-0.4, -0.2) is 81.0 Å². The topological polar surface area (TPSA) is 112 Å². The van der Waals surface area contributed by atoms with Gasteiger partial charge in [-0.25, -0.2) is 8.42 Å². The monoisotopic (exact) mass is 492 g/mol. The van der Waals surface area contributed by atoms with Crippen LogP contribution in [0.3, 0.4) is 0 Å². The minimum atomic E-state index is -3.73. The molecular formula is C24H36N4O5S. The van der Waals surface area contributed by atoms with Gasteiger partial charge in [-0.05, 0) is 31.0 Å². The zero-order chi connectivity index (χ0) is 24.6. The summed E-state index contributed by atoms with van der Waals surface area (Å²) in [7, 11) is -3.73. The van der Waals surface area contributed by atoms with Gasteiger partial charge in [0.05, 0.1) is 23.7 Å². The molecule has 10 heteroatoms. The minimum absolute atomic E-state index is 0.127. The molecule has 1 fully saturated rings. The molecular weight excluding hydrogens is 456 g/mol. The standard InChI is InChI=1S/C24H36N4O5S/c1-3-5-10-28(11-6-4-2)34(31,32)19-7-8-22-20(17-19)21(18-23(29)26-22)24(30)25-9-12-27-13-15-33-16-14-27/h7-8,17-18H,3-6,9-16H2,1-2H3,(H,25,30)(H,26,29). The van der Waals surface area contributed by atoms with Gasteiger partial charge < -0.3 is 15.0 Å². The molecule has 1 aromatic heterocycles. The Labute approximate surface area is 201 Å². The number of H-pyrrole nitrogens is 1. The molecule has 188 valence electrons. The number of aromatic nitrogens is 1. The zero-order valence-electron chi connectivity index (χ0n) is 20.1. The van der Waals surface area contributed by atoms with Crippen molar-refractivity contribution in [3.05, 3.63) is 40.2 Å². The summed E-state index contributed by atoms with van der Waals surface area (Å²) >= 11 is 0. The van der Waals surface area contributed by atoms with E-state index in [9.17, 15) is 18.0 Å². The summed E-state index contributed by atoms with van der Waals surface area (Å²) < 4.78 is 33.7. The van der Waals surface area contributed by atoms with E-state index in [0.717, 1.165) is 38.8 Å². The van der Waals surface area contributed by atoms with Crippen LogP contribution in [0.15, 0.2) is 34.0 Å². The Morgan fingerprint density at radius 2 is 1.79 bits per heavy atom. The number of carbonyl (C=O) groups is 1. The summed E-state index contributed by atoms with van der Waals surface area (Å²) in [5, 5.41) is 3.28. The molecule has 34 heavy (non-hydrogen) atoms. The van der Waals surface area contributed by atoms with Gasteiger partial charge in [0, 0.05) is 56.2 Å². The van der Waals surface area contributed by atoms with Crippen molar-refractivity contribution >= 4 is 26.8 Å². The number of amides is 1. The number of morpholine rings is 1. The quantitative estimate of drug-likeness (QED) is 0.470. The second-order valence-corrected chi connectivity index (χ2v) is 10.5. The van der Waals surface area contributed by atoms with Crippen molar-refractivity contribution in [2.45, 2.75) is 44.4 Å². The van der Waals surface area contributed by atoms with Crippen molar-refractivity contribution in [1.29, 1.82) is 0 Å². The molecule has 0 aliphatic carbocycles. The Balaban J connectivity index is 1.86.